The molecule has 1 aromatic heterocycles. The van der Waals surface area contributed by atoms with E-state index >= 15 is 0 Å². The molecule has 29 heavy (non-hydrogen) atoms. The monoisotopic (exact) mass is 392 g/mol. The van der Waals surface area contributed by atoms with Gasteiger partial charge in [0, 0.05) is 22.7 Å². The first-order valence-electron chi connectivity index (χ1n) is 9.63. The minimum Gasteiger partial charge on any atom is -0.448 e. The number of hydrogen-bond donors (Lipinski definition) is 2. The second-order valence-electron chi connectivity index (χ2n) is 7.03. The van der Waals surface area contributed by atoms with Crippen LogP contribution in [0.1, 0.15) is 49.2 Å². The van der Waals surface area contributed by atoms with Gasteiger partial charge >= 0.3 is 5.97 Å². The predicted molar refractivity (Wildman–Crippen MR) is 113 cm³/mol. The van der Waals surface area contributed by atoms with Crippen LogP contribution in [0.15, 0.2) is 59.4 Å². The Hall–Kier alpha value is -3.41. The molecular formula is C23H24N2O4. The van der Waals surface area contributed by atoms with Gasteiger partial charge in [-0.2, -0.15) is 0 Å². The highest BCUT2D eigenvalue weighted by Crippen LogP contribution is 2.26. The lowest BCUT2D eigenvalue weighted by molar-refractivity contribution is -0.123. The number of pyridine rings is 1. The van der Waals surface area contributed by atoms with Crippen molar-refractivity contribution in [2.75, 3.05) is 5.32 Å². The summed E-state index contributed by atoms with van der Waals surface area (Å²) in [6, 6.07) is 15.7. The molecule has 150 valence electrons. The minimum absolute atomic E-state index is 0.00774. The van der Waals surface area contributed by atoms with Gasteiger partial charge < -0.3 is 15.0 Å². The Bertz CT molecular complexity index is 1100. The number of rotatable bonds is 6. The number of anilines is 1. The van der Waals surface area contributed by atoms with E-state index in [2.05, 4.69) is 24.1 Å². The second kappa shape index (κ2) is 8.73. The van der Waals surface area contributed by atoms with Crippen LogP contribution in [0, 0.1) is 0 Å². The molecular weight excluding hydrogens is 368 g/mol. The number of nitrogens with one attached hydrogen (secondary N) is 2. The van der Waals surface area contributed by atoms with Gasteiger partial charge in [0.1, 0.15) is 5.69 Å². The van der Waals surface area contributed by atoms with Crippen molar-refractivity contribution in [3.8, 4) is 0 Å². The number of aromatic nitrogens is 1. The first-order chi connectivity index (χ1) is 13.9. The van der Waals surface area contributed by atoms with Crippen molar-refractivity contribution in [1.82, 2.24) is 4.98 Å². The van der Waals surface area contributed by atoms with Crippen LogP contribution in [0.4, 0.5) is 5.69 Å². The van der Waals surface area contributed by atoms with Gasteiger partial charge in [-0.25, -0.2) is 4.79 Å². The minimum atomic E-state index is -1.03. The number of amides is 1. The van der Waals surface area contributed by atoms with E-state index in [1.54, 1.807) is 24.3 Å². The summed E-state index contributed by atoms with van der Waals surface area (Å²) in [6.07, 6.45) is -0.0882. The second-order valence-corrected chi connectivity index (χ2v) is 7.03. The van der Waals surface area contributed by atoms with E-state index < -0.39 is 18.0 Å². The molecule has 0 aliphatic heterocycles. The summed E-state index contributed by atoms with van der Waals surface area (Å²) >= 11 is 0. The number of para-hydroxylation sites is 2. The Balaban J connectivity index is 1.73. The maximum Gasteiger partial charge on any atom is 0.355 e. The number of hydrogen-bond acceptors (Lipinski definition) is 4. The molecule has 2 atom stereocenters. The molecule has 0 radical (unpaired) electrons. The van der Waals surface area contributed by atoms with Crippen LogP contribution in [0.5, 0.6) is 0 Å². The zero-order valence-electron chi connectivity index (χ0n) is 16.7. The van der Waals surface area contributed by atoms with E-state index in [0.717, 1.165) is 12.0 Å². The third-order valence-electron chi connectivity index (χ3n) is 4.97. The number of H-pyrrole nitrogens is 1. The molecule has 0 spiro atoms. The van der Waals surface area contributed by atoms with Crippen molar-refractivity contribution in [2.24, 2.45) is 0 Å². The Morgan fingerprint density at radius 3 is 2.52 bits per heavy atom. The number of benzene rings is 2. The molecule has 0 fully saturated rings. The van der Waals surface area contributed by atoms with Crippen molar-refractivity contribution < 1.29 is 14.3 Å². The average Bonchev–Trinajstić information content (AvgIpc) is 2.73. The van der Waals surface area contributed by atoms with Gasteiger partial charge in [0.05, 0.1) is 0 Å². The molecule has 0 aliphatic carbocycles. The van der Waals surface area contributed by atoms with Gasteiger partial charge in [0.25, 0.3) is 5.91 Å². The molecule has 0 saturated carbocycles. The maximum atomic E-state index is 12.6. The summed E-state index contributed by atoms with van der Waals surface area (Å²) in [7, 11) is 0. The fraction of sp³-hybridized carbons (Fsp3) is 0.261. The van der Waals surface area contributed by atoms with Gasteiger partial charge in [-0.3, -0.25) is 9.59 Å². The lowest BCUT2D eigenvalue weighted by Crippen LogP contribution is -2.31. The highest BCUT2D eigenvalue weighted by atomic mass is 16.5. The standard InChI is InChI=1S/C23H24N2O4/c1-4-14(2)16-9-5-7-11-18(16)25-22(27)15(3)29-23(28)20-13-21(26)17-10-6-8-12-19(17)24-20/h5-15H,4H2,1-3H3,(H,24,26)(H,25,27)/t14-,15+/m1/s1. The molecule has 1 heterocycles. The number of aromatic amines is 1. The SMILES string of the molecule is CC[C@@H](C)c1ccccc1NC(=O)[C@H](C)OC(=O)c1cc(=O)c2ccccc2[nH]1. The Morgan fingerprint density at radius 2 is 1.76 bits per heavy atom. The van der Waals surface area contributed by atoms with Gasteiger partial charge in [0.2, 0.25) is 0 Å². The van der Waals surface area contributed by atoms with E-state index in [4.69, 9.17) is 4.74 Å². The maximum absolute atomic E-state index is 12.6. The summed E-state index contributed by atoms with van der Waals surface area (Å²) in [5.74, 6) is -0.907. The topological polar surface area (TPSA) is 88.3 Å². The van der Waals surface area contributed by atoms with Gasteiger partial charge in [-0.1, -0.05) is 44.2 Å². The van der Waals surface area contributed by atoms with E-state index in [0.29, 0.717) is 16.6 Å². The molecule has 3 rings (SSSR count). The molecule has 2 aromatic carbocycles. The fourth-order valence-corrected chi connectivity index (χ4v) is 3.08. The first-order valence-corrected chi connectivity index (χ1v) is 9.63. The molecule has 0 unspecified atom stereocenters. The normalized spacial score (nSPS) is 12.9. The van der Waals surface area contributed by atoms with Gasteiger partial charge in [-0.05, 0) is 43.0 Å². The molecule has 6 heteroatoms. The van der Waals surface area contributed by atoms with Crippen molar-refractivity contribution >= 4 is 28.5 Å². The van der Waals surface area contributed by atoms with Crippen LogP contribution in [-0.2, 0) is 9.53 Å². The zero-order chi connectivity index (χ0) is 21.0. The van der Waals surface area contributed by atoms with Crippen LogP contribution >= 0.6 is 0 Å². The number of carbonyl (C=O) groups excluding carboxylic acids is 2. The van der Waals surface area contributed by atoms with Crippen LogP contribution in [0.2, 0.25) is 0 Å². The third-order valence-corrected chi connectivity index (χ3v) is 4.97. The van der Waals surface area contributed by atoms with E-state index in [-0.39, 0.29) is 17.0 Å². The Morgan fingerprint density at radius 1 is 1.07 bits per heavy atom. The summed E-state index contributed by atoms with van der Waals surface area (Å²) < 4.78 is 5.28. The van der Waals surface area contributed by atoms with Crippen molar-refractivity contribution in [2.45, 2.75) is 39.2 Å². The van der Waals surface area contributed by atoms with Crippen LogP contribution in [-0.4, -0.2) is 23.0 Å². The zero-order valence-corrected chi connectivity index (χ0v) is 16.7. The highest BCUT2D eigenvalue weighted by Gasteiger charge is 2.21. The molecule has 3 aromatic rings. The lowest BCUT2D eigenvalue weighted by Gasteiger charge is -2.18. The van der Waals surface area contributed by atoms with Crippen molar-refractivity contribution in [1.29, 1.82) is 0 Å². The van der Waals surface area contributed by atoms with Crippen LogP contribution < -0.4 is 10.7 Å². The van der Waals surface area contributed by atoms with E-state index in [1.165, 1.54) is 13.0 Å². The Labute approximate surface area is 168 Å². The highest BCUT2D eigenvalue weighted by molar-refractivity contribution is 5.98. The average molecular weight is 392 g/mol. The molecule has 0 saturated heterocycles. The Kier molecular flexibility index (Phi) is 6.12. The molecule has 2 N–H and O–H groups in total. The summed E-state index contributed by atoms with van der Waals surface area (Å²) in [5, 5.41) is 3.32. The quantitative estimate of drug-likeness (QED) is 0.615. The molecule has 6 nitrogen and oxygen atoms in total. The summed E-state index contributed by atoms with van der Waals surface area (Å²) in [6.45, 7) is 5.67. The van der Waals surface area contributed by atoms with Crippen molar-refractivity contribution in [3.05, 3.63) is 76.1 Å². The van der Waals surface area contributed by atoms with E-state index in [1.807, 2.05) is 24.3 Å². The first kappa shape index (κ1) is 20.3. The fourth-order valence-electron chi connectivity index (χ4n) is 3.08. The summed E-state index contributed by atoms with van der Waals surface area (Å²) in [4.78, 5) is 40.1. The van der Waals surface area contributed by atoms with Crippen LogP contribution in [0.25, 0.3) is 10.9 Å². The molecule has 0 aliphatic rings. The predicted octanol–water partition coefficient (Wildman–Crippen LogP) is 4.23. The smallest absolute Gasteiger partial charge is 0.355 e. The van der Waals surface area contributed by atoms with Crippen LogP contribution in [0.3, 0.4) is 0 Å². The molecule has 0 bridgehead atoms. The number of carbonyl (C=O) groups is 2. The number of esters is 1. The lowest BCUT2D eigenvalue weighted by atomic mass is 9.97. The van der Waals surface area contributed by atoms with Gasteiger partial charge in [0.15, 0.2) is 11.5 Å². The van der Waals surface area contributed by atoms with Crippen molar-refractivity contribution in [3.63, 3.8) is 0 Å². The van der Waals surface area contributed by atoms with Gasteiger partial charge in [-0.15, -0.1) is 0 Å². The largest absolute Gasteiger partial charge is 0.448 e. The third kappa shape index (κ3) is 4.54. The number of fused-ring (bicyclic) bond motifs is 1. The number of ether oxygens (including phenoxy) is 1. The summed E-state index contributed by atoms with van der Waals surface area (Å²) in [5.41, 5.74) is 1.99. The molecule has 1 amide bonds. The van der Waals surface area contributed by atoms with E-state index in [9.17, 15) is 14.4 Å².